The molecule has 0 radical (unpaired) electrons. The van der Waals surface area contributed by atoms with Gasteiger partial charge in [-0.2, -0.15) is 0 Å². The van der Waals surface area contributed by atoms with Crippen LogP contribution in [0.4, 0.5) is 0 Å². The molecule has 0 spiro atoms. The van der Waals surface area contributed by atoms with Gasteiger partial charge < -0.3 is 10.1 Å². The van der Waals surface area contributed by atoms with Gasteiger partial charge in [0.25, 0.3) is 0 Å². The summed E-state index contributed by atoms with van der Waals surface area (Å²) in [5.41, 5.74) is 0.754. The first-order valence-corrected chi connectivity index (χ1v) is 9.46. The van der Waals surface area contributed by atoms with Crippen molar-refractivity contribution in [3.05, 3.63) is 24.3 Å². The number of hydrogen-bond acceptors (Lipinski definition) is 6. The van der Waals surface area contributed by atoms with Crippen molar-refractivity contribution in [2.45, 2.75) is 37.5 Å². The molecule has 1 aromatic heterocycles. The molecular formula is C14H20N4O4S. The lowest BCUT2D eigenvalue weighted by Gasteiger charge is -2.47. The van der Waals surface area contributed by atoms with E-state index in [9.17, 15) is 13.2 Å². The molecule has 1 saturated carbocycles. The maximum atomic E-state index is 12.1. The van der Waals surface area contributed by atoms with Crippen LogP contribution >= 0.6 is 0 Å². The Morgan fingerprint density at radius 2 is 2.22 bits per heavy atom. The molecule has 2 aliphatic rings. The lowest BCUT2D eigenvalue weighted by atomic mass is 9.72. The van der Waals surface area contributed by atoms with Gasteiger partial charge in [-0.3, -0.25) is 14.8 Å². The highest BCUT2D eigenvalue weighted by molar-refractivity contribution is 7.88. The van der Waals surface area contributed by atoms with Gasteiger partial charge >= 0.3 is 0 Å². The Balaban J connectivity index is 1.56. The van der Waals surface area contributed by atoms with Gasteiger partial charge in [0.15, 0.2) is 0 Å². The van der Waals surface area contributed by atoms with Crippen LogP contribution in [0, 0.1) is 5.92 Å². The molecule has 1 aromatic rings. The Morgan fingerprint density at radius 3 is 2.91 bits per heavy atom. The van der Waals surface area contributed by atoms with E-state index in [1.807, 2.05) is 0 Å². The number of amides is 1. The quantitative estimate of drug-likeness (QED) is 0.704. The number of ether oxygens (including phenoxy) is 1. The molecule has 4 atom stereocenters. The predicted octanol–water partition coefficient (Wildman–Crippen LogP) is -0.769. The molecule has 23 heavy (non-hydrogen) atoms. The summed E-state index contributed by atoms with van der Waals surface area (Å²) in [6.45, 7) is 0.600. The van der Waals surface area contributed by atoms with Crippen molar-refractivity contribution < 1.29 is 17.9 Å². The molecule has 8 nitrogen and oxygen atoms in total. The van der Waals surface area contributed by atoms with E-state index in [2.05, 4.69) is 20.0 Å². The van der Waals surface area contributed by atoms with Crippen molar-refractivity contribution >= 4 is 15.9 Å². The summed E-state index contributed by atoms with van der Waals surface area (Å²) < 4.78 is 31.1. The van der Waals surface area contributed by atoms with E-state index in [0.29, 0.717) is 19.4 Å². The summed E-state index contributed by atoms with van der Waals surface area (Å²) in [6, 6.07) is -0.607. The summed E-state index contributed by atoms with van der Waals surface area (Å²) in [7, 11) is -3.35. The van der Waals surface area contributed by atoms with Crippen LogP contribution in [0.15, 0.2) is 18.6 Å². The van der Waals surface area contributed by atoms with Crippen molar-refractivity contribution in [1.29, 1.82) is 0 Å². The first kappa shape index (κ1) is 16.3. The molecule has 0 unspecified atom stereocenters. The zero-order valence-electron chi connectivity index (χ0n) is 12.8. The molecule has 1 aliphatic heterocycles. The fourth-order valence-corrected chi connectivity index (χ4v) is 4.03. The average Bonchev–Trinajstić information content (AvgIpc) is 2.93. The standard InChI is InChI=1S/C14H20N4O4S/c1-23(20,21)18-13-12(10-4-7-22-14(10)13)17-11(19)3-2-9-8-15-5-6-16-9/h5-6,8,10,12-14,18H,2-4,7H2,1H3,(H,17,19)/t10-,12+,13-,14-/m0/s1. The number of aromatic nitrogens is 2. The van der Waals surface area contributed by atoms with Crippen molar-refractivity contribution in [3.8, 4) is 0 Å². The van der Waals surface area contributed by atoms with Crippen LogP contribution in [0.3, 0.4) is 0 Å². The monoisotopic (exact) mass is 340 g/mol. The number of sulfonamides is 1. The molecule has 2 fully saturated rings. The van der Waals surface area contributed by atoms with Crippen molar-refractivity contribution in [2.24, 2.45) is 5.92 Å². The highest BCUT2D eigenvalue weighted by atomic mass is 32.2. The van der Waals surface area contributed by atoms with E-state index >= 15 is 0 Å². The molecule has 126 valence electrons. The minimum absolute atomic E-state index is 0.119. The van der Waals surface area contributed by atoms with Crippen LogP contribution < -0.4 is 10.0 Å². The van der Waals surface area contributed by atoms with Crippen LogP contribution in [0.1, 0.15) is 18.5 Å². The molecular weight excluding hydrogens is 320 g/mol. The van der Waals surface area contributed by atoms with Crippen molar-refractivity contribution in [2.75, 3.05) is 12.9 Å². The SMILES string of the molecule is CS(=O)(=O)N[C@H]1[C@H](NC(=O)CCc2cnccn2)[C@@H]2CCO[C@@H]21. The minimum Gasteiger partial charge on any atom is -0.376 e. The topological polar surface area (TPSA) is 110 Å². The Bertz CT molecular complexity index is 667. The fraction of sp³-hybridized carbons (Fsp3) is 0.643. The summed E-state index contributed by atoms with van der Waals surface area (Å²) in [5, 5.41) is 2.94. The number of aryl methyl sites for hydroxylation is 1. The Hall–Kier alpha value is -1.58. The highest BCUT2D eigenvalue weighted by Crippen LogP contribution is 2.39. The number of rotatable bonds is 6. The largest absolute Gasteiger partial charge is 0.376 e. The predicted molar refractivity (Wildman–Crippen MR) is 81.9 cm³/mol. The number of fused-ring (bicyclic) bond motifs is 1. The van der Waals surface area contributed by atoms with Crippen LogP contribution in [-0.4, -0.2) is 55.3 Å². The molecule has 1 saturated heterocycles. The molecule has 3 rings (SSSR count). The first-order chi connectivity index (χ1) is 10.9. The lowest BCUT2D eigenvalue weighted by molar-refractivity contribution is -0.125. The number of nitrogens with one attached hydrogen (secondary N) is 2. The van der Waals surface area contributed by atoms with Gasteiger partial charge in [-0.25, -0.2) is 13.1 Å². The van der Waals surface area contributed by atoms with E-state index in [4.69, 9.17) is 4.74 Å². The fourth-order valence-electron chi connectivity index (χ4n) is 3.25. The third-order valence-corrected chi connectivity index (χ3v) is 4.99. The van der Waals surface area contributed by atoms with Gasteiger partial charge in [-0.1, -0.05) is 0 Å². The minimum atomic E-state index is -3.35. The van der Waals surface area contributed by atoms with E-state index in [1.165, 1.54) is 0 Å². The maximum absolute atomic E-state index is 12.1. The van der Waals surface area contributed by atoms with Gasteiger partial charge in [0.2, 0.25) is 15.9 Å². The molecule has 2 N–H and O–H groups in total. The van der Waals surface area contributed by atoms with E-state index in [1.54, 1.807) is 18.6 Å². The summed E-state index contributed by atoms with van der Waals surface area (Å²) in [6.07, 6.45) is 7.40. The number of nitrogens with zero attached hydrogens (tertiary/aromatic N) is 2. The molecule has 9 heteroatoms. The Morgan fingerprint density at radius 1 is 1.39 bits per heavy atom. The van der Waals surface area contributed by atoms with Crippen LogP contribution in [-0.2, 0) is 26.0 Å². The normalized spacial score (nSPS) is 29.6. The zero-order chi connectivity index (χ0) is 16.4. The van der Waals surface area contributed by atoms with Gasteiger partial charge in [-0.15, -0.1) is 0 Å². The molecule has 1 aliphatic carbocycles. The molecule has 1 amide bonds. The maximum Gasteiger partial charge on any atom is 0.220 e. The third kappa shape index (κ3) is 3.85. The Labute approximate surface area is 135 Å². The summed E-state index contributed by atoms with van der Waals surface area (Å²) in [4.78, 5) is 20.2. The van der Waals surface area contributed by atoms with Gasteiger partial charge in [-0.05, 0) is 12.8 Å². The molecule has 0 bridgehead atoms. The first-order valence-electron chi connectivity index (χ1n) is 7.57. The second-order valence-corrected chi connectivity index (χ2v) is 7.77. The Kier molecular flexibility index (Phi) is 4.60. The molecule has 0 aromatic carbocycles. The number of hydrogen-bond donors (Lipinski definition) is 2. The van der Waals surface area contributed by atoms with E-state index < -0.39 is 16.1 Å². The van der Waals surface area contributed by atoms with Gasteiger partial charge in [0.05, 0.1) is 30.1 Å². The number of carbonyl (C=O) groups excluding carboxylic acids is 1. The van der Waals surface area contributed by atoms with Crippen LogP contribution in [0.2, 0.25) is 0 Å². The highest BCUT2D eigenvalue weighted by Gasteiger charge is 2.55. The lowest BCUT2D eigenvalue weighted by Crippen LogP contribution is -2.70. The van der Waals surface area contributed by atoms with Crippen molar-refractivity contribution in [3.63, 3.8) is 0 Å². The van der Waals surface area contributed by atoms with Crippen LogP contribution in [0.25, 0.3) is 0 Å². The van der Waals surface area contributed by atoms with Gasteiger partial charge in [0.1, 0.15) is 0 Å². The second kappa shape index (κ2) is 6.50. The third-order valence-electron chi connectivity index (χ3n) is 4.29. The van der Waals surface area contributed by atoms with Gasteiger partial charge in [0, 0.05) is 37.5 Å². The van der Waals surface area contributed by atoms with E-state index in [0.717, 1.165) is 18.4 Å². The van der Waals surface area contributed by atoms with Crippen molar-refractivity contribution in [1.82, 2.24) is 20.0 Å². The summed E-state index contributed by atoms with van der Waals surface area (Å²) >= 11 is 0. The van der Waals surface area contributed by atoms with Crippen LogP contribution in [0.5, 0.6) is 0 Å². The summed E-state index contributed by atoms with van der Waals surface area (Å²) in [5.74, 6) is 0.0565. The smallest absolute Gasteiger partial charge is 0.220 e. The molecule has 2 heterocycles. The average molecular weight is 340 g/mol. The second-order valence-electron chi connectivity index (χ2n) is 5.99. The zero-order valence-corrected chi connectivity index (χ0v) is 13.6. The van der Waals surface area contributed by atoms with E-state index in [-0.39, 0.29) is 24.0 Å². The number of carbonyl (C=O) groups is 1.